The van der Waals surface area contributed by atoms with Crippen molar-refractivity contribution in [2.45, 2.75) is 0 Å². The van der Waals surface area contributed by atoms with E-state index in [0.29, 0.717) is 5.92 Å². The van der Waals surface area contributed by atoms with Crippen LogP contribution in [0.4, 0.5) is 0 Å². The Labute approximate surface area is 148 Å². The molecule has 0 aliphatic carbocycles. The molecule has 2 unspecified atom stereocenters. The zero-order valence-electron chi connectivity index (χ0n) is 13.7. The van der Waals surface area contributed by atoms with Crippen LogP contribution in [0.25, 0.3) is 11.1 Å². The highest BCUT2D eigenvalue weighted by atomic mass is 35.5. The smallest absolute Gasteiger partial charge is 0.118 e. The summed E-state index contributed by atoms with van der Waals surface area (Å²) in [6.45, 7) is 3.11. The maximum Gasteiger partial charge on any atom is 0.118 e. The number of rotatable bonds is 3. The van der Waals surface area contributed by atoms with E-state index in [1.807, 2.05) is 24.3 Å². The Morgan fingerprint density at radius 3 is 1.96 bits per heavy atom. The second-order valence-electron chi connectivity index (χ2n) is 6.33. The number of benzene rings is 2. The molecule has 2 aliphatic rings. The van der Waals surface area contributed by atoms with E-state index >= 15 is 0 Å². The Balaban J connectivity index is 1.70. The molecule has 0 fully saturated rings. The van der Waals surface area contributed by atoms with Gasteiger partial charge in [-0.15, -0.1) is 0 Å². The molecule has 0 spiro atoms. The van der Waals surface area contributed by atoms with Crippen molar-refractivity contribution >= 4 is 22.7 Å². The minimum absolute atomic E-state index is 0.405. The Hall–Kier alpha value is -2.03. The fraction of sp³-hybridized carbons (Fsp3) is 0.238. The number of hydrogen-bond donors (Lipinski definition) is 0. The monoisotopic (exact) mass is 337 g/mol. The molecule has 2 aliphatic heterocycles. The highest BCUT2D eigenvalue weighted by Gasteiger charge is 2.30. The van der Waals surface area contributed by atoms with Gasteiger partial charge in [0.2, 0.25) is 0 Å². The van der Waals surface area contributed by atoms with E-state index in [2.05, 4.69) is 41.3 Å². The van der Waals surface area contributed by atoms with Gasteiger partial charge in [-0.1, -0.05) is 48.0 Å². The van der Waals surface area contributed by atoms with Crippen molar-refractivity contribution < 1.29 is 4.74 Å². The van der Waals surface area contributed by atoms with Crippen molar-refractivity contribution in [3.63, 3.8) is 0 Å². The number of hydrogen-bond acceptors (Lipinski definition) is 2. The molecule has 2 aromatic rings. The standard InChI is InChI=1S/C21H20ClNO/c1-24-18-8-4-16(5-9-18)20-11-13-23-12-10-19(21(20)14-23)15-2-6-17(22)7-3-15/h2-11,21H,12-14H2,1H3. The predicted molar refractivity (Wildman–Crippen MR) is 100 cm³/mol. The van der Waals surface area contributed by atoms with Crippen LogP contribution in [0.1, 0.15) is 11.1 Å². The second kappa shape index (κ2) is 6.46. The summed E-state index contributed by atoms with van der Waals surface area (Å²) in [6.07, 6.45) is 4.74. The Bertz CT molecular complexity index is 790. The van der Waals surface area contributed by atoms with Crippen LogP contribution in [-0.2, 0) is 0 Å². The summed E-state index contributed by atoms with van der Waals surface area (Å²) in [7, 11) is 1.70. The van der Waals surface area contributed by atoms with E-state index in [-0.39, 0.29) is 0 Å². The first kappa shape index (κ1) is 15.5. The van der Waals surface area contributed by atoms with E-state index in [9.17, 15) is 0 Å². The van der Waals surface area contributed by atoms with Crippen molar-refractivity contribution in [3.8, 4) is 5.75 Å². The molecule has 0 saturated carbocycles. The highest BCUT2D eigenvalue weighted by Crippen LogP contribution is 2.40. The molecule has 0 radical (unpaired) electrons. The van der Waals surface area contributed by atoms with E-state index in [1.165, 1.54) is 22.3 Å². The fourth-order valence-electron chi connectivity index (χ4n) is 3.65. The van der Waals surface area contributed by atoms with Gasteiger partial charge in [-0.3, -0.25) is 4.90 Å². The molecule has 2 heterocycles. The quantitative estimate of drug-likeness (QED) is 0.800. The molecule has 0 saturated heterocycles. The summed E-state index contributed by atoms with van der Waals surface area (Å²) < 4.78 is 5.29. The van der Waals surface area contributed by atoms with Gasteiger partial charge in [0.1, 0.15) is 5.75 Å². The molecule has 2 nitrogen and oxygen atoms in total. The minimum Gasteiger partial charge on any atom is -0.497 e. The van der Waals surface area contributed by atoms with Crippen molar-refractivity contribution in [3.05, 3.63) is 76.8 Å². The number of methoxy groups -OCH3 is 1. The maximum absolute atomic E-state index is 6.06. The third kappa shape index (κ3) is 2.88. The lowest BCUT2D eigenvalue weighted by Crippen LogP contribution is -2.38. The molecular formula is C21H20ClNO. The van der Waals surface area contributed by atoms with Gasteiger partial charge in [0.25, 0.3) is 0 Å². The average Bonchev–Trinajstić information content (AvgIpc) is 2.63. The van der Waals surface area contributed by atoms with E-state index in [0.717, 1.165) is 30.4 Å². The van der Waals surface area contributed by atoms with Gasteiger partial charge in [0, 0.05) is 30.6 Å². The third-order valence-corrected chi connectivity index (χ3v) is 5.18. The number of halogens is 1. The van der Waals surface area contributed by atoms with E-state index in [1.54, 1.807) is 7.11 Å². The summed E-state index contributed by atoms with van der Waals surface area (Å²) in [4.78, 5) is 2.48. The molecule has 0 amide bonds. The van der Waals surface area contributed by atoms with Crippen LogP contribution in [0, 0.1) is 5.92 Å². The van der Waals surface area contributed by atoms with Crippen LogP contribution >= 0.6 is 11.6 Å². The van der Waals surface area contributed by atoms with Crippen LogP contribution < -0.4 is 4.74 Å². The third-order valence-electron chi connectivity index (χ3n) is 4.93. The predicted octanol–water partition coefficient (Wildman–Crippen LogP) is 4.76. The van der Waals surface area contributed by atoms with Crippen LogP contribution in [0.15, 0.2) is 60.7 Å². The van der Waals surface area contributed by atoms with Gasteiger partial charge in [0.05, 0.1) is 7.11 Å². The molecule has 0 aromatic heterocycles. The van der Waals surface area contributed by atoms with Crippen molar-refractivity contribution in [2.75, 3.05) is 26.7 Å². The molecule has 24 heavy (non-hydrogen) atoms. The van der Waals surface area contributed by atoms with Crippen LogP contribution in [-0.4, -0.2) is 31.6 Å². The molecule has 3 heteroatoms. The molecular weight excluding hydrogens is 318 g/mol. The summed E-state index contributed by atoms with van der Waals surface area (Å²) >= 11 is 6.06. The lowest BCUT2D eigenvalue weighted by molar-refractivity contribution is 0.302. The molecule has 122 valence electrons. The average molecular weight is 338 g/mol. The van der Waals surface area contributed by atoms with E-state index in [4.69, 9.17) is 16.3 Å². The zero-order valence-corrected chi connectivity index (χ0v) is 14.5. The Kier molecular flexibility index (Phi) is 4.17. The first-order valence-electron chi connectivity index (χ1n) is 8.27. The molecule has 4 rings (SSSR count). The molecule has 0 N–H and O–H groups in total. The van der Waals surface area contributed by atoms with Crippen LogP contribution in [0.5, 0.6) is 5.75 Å². The summed E-state index contributed by atoms with van der Waals surface area (Å²) in [5.74, 6) is 1.30. The van der Waals surface area contributed by atoms with Gasteiger partial charge in [0.15, 0.2) is 0 Å². The topological polar surface area (TPSA) is 12.5 Å². The zero-order chi connectivity index (χ0) is 16.5. The SMILES string of the molecule is COc1ccc(C2=CCN3CC=C(c4ccc(Cl)cc4)C2C3)cc1. The number of nitrogens with zero attached hydrogens (tertiary/aromatic N) is 1. The van der Waals surface area contributed by atoms with E-state index < -0.39 is 0 Å². The van der Waals surface area contributed by atoms with Crippen LogP contribution in [0.3, 0.4) is 0 Å². The maximum atomic E-state index is 6.06. The first-order chi connectivity index (χ1) is 11.7. The largest absolute Gasteiger partial charge is 0.497 e. The second-order valence-corrected chi connectivity index (χ2v) is 6.76. The number of ether oxygens (including phenoxy) is 1. The summed E-state index contributed by atoms with van der Waals surface area (Å²) in [5, 5.41) is 0.784. The van der Waals surface area contributed by atoms with Gasteiger partial charge in [-0.05, 0) is 46.5 Å². The summed E-state index contributed by atoms with van der Waals surface area (Å²) in [6, 6.07) is 16.6. The Morgan fingerprint density at radius 2 is 1.42 bits per heavy atom. The normalized spacial score (nSPS) is 22.6. The molecule has 2 aromatic carbocycles. The van der Waals surface area contributed by atoms with Gasteiger partial charge in [-0.25, -0.2) is 0 Å². The summed E-state index contributed by atoms with van der Waals surface area (Å²) in [5.41, 5.74) is 5.37. The van der Waals surface area contributed by atoms with Gasteiger partial charge in [-0.2, -0.15) is 0 Å². The number of fused-ring (bicyclic) bond motifs is 2. The first-order valence-corrected chi connectivity index (χ1v) is 8.65. The van der Waals surface area contributed by atoms with Crippen molar-refractivity contribution in [1.29, 1.82) is 0 Å². The Morgan fingerprint density at radius 1 is 0.875 bits per heavy atom. The van der Waals surface area contributed by atoms with Gasteiger partial charge >= 0.3 is 0 Å². The minimum atomic E-state index is 0.405. The fourth-order valence-corrected chi connectivity index (χ4v) is 3.78. The van der Waals surface area contributed by atoms with Crippen LogP contribution in [0.2, 0.25) is 5.02 Å². The molecule has 2 atom stereocenters. The van der Waals surface area contributed by atoms with Crippen molar-refractivity contribution in [2.24, 2.45) is 5.92 Å². The molecule has 2 bridgehead atoms. The highest BCUT2D eigenvalue weighted by molar-refractivity contribution is 6.30. The lowest BCUT2D eigenvalue weighted by atomic mass is 9.79. The van der Waals surface area contributed by atoms with Crippen molar-refractivity contribution in [1.82, 2.24) is 4.90 Å². The van der Waals surface area contributed by atoms with Gasteiger partial charge < -0.3 is 4.74 Å². The lowest BCUT2D eigenvalue weighted by Gasteiger charge is -2.38.